The van der Waals surface area contributed by atoms with Crippen LogP contribution in [0.25, 0.3) is 0 Å². The van der Waals surface area contributed by atoms with E-state index in [9.17, 15) is 13.2 Å². The molecule has 0 fully saturated rings. The first-order chi connectivity index (χ1) is 8.38. The molecule has 1 amide bonds. The number of hydrogen-bond donors (Lipinski definition) is 3. The van der Waals surface area contributed by atoms with Crippen LogP contribution in [0.3, 0.4) is 0 Å². The van der Waals surface area contributed by atoms with Crippen molar-refractivity contribution in [1.29, 1.82) is 0 Å². The summed E-state index contributed by atoms with van der Waals surface area (Å²) in [5.74, 6) is -0.483. The zero-order chi connectivity index (χ0) is 13.8. The van der Waals surface area contributed by atoms with E-state index < -0.39 is 21.8 Å². The van der Waals surface area contributed by atoms with Gasteiger partial charge in [-0.2, -0.15) is 0 Å². The molecule has 0 radical (unpaired) electrons. The Labute approximate surface area is 105 Å². The van der Waals surface area contributed by atoms with Gasteiger partial charge in [0, 0.05) is 11.8 Å². The molecule has 100 valence electrons. The molecule has 0 aromatic heterocycles. The van der Waals surface area contributed by atoms with Crippen molar-refractivity contribution in [1.82, 2.24) is 5.32 Å². The van der Waals surface area contributed by atoms with Crippen molar-refractivity contribution in [2.45, 2.75) is 10.9 Å². The highest BCUT2D eigenvalue weighted by molar-refractivity contribution is 7.90. The number of nitrogens with one attached hydrogen (secondary N) is 1. The molecular weight excluding hydrogens is 258 g/mol. The number of carbonyl (C=O) groups excluding carboxylic acids is 1. The number of aliphatic hydroxyl groups is 2. The molecule has 0 aliphatic heterocycles. The van der Waals surface area contributed by atoms with E-state index in [0.29, 0.717) is 0 Å². The molecule has 0 unspecified atom stereocenters. The maximum Gasteiger partial charge on any atom is 0.251 e. The lowest BCUT2D eigenvalue weighted by molar-refractivity contribution is 0.0879. The van der Waals surface area contributed by atoms with E-state index >= 15 is 0 Å². The number of rotatable bonds is 5. The summed E-state index contributed by atoms with van der Waals surface area (Å²) in [7, 11) is -3.29. The molecule has 0 saturated heterocycles. The van der Waals surface area contributed by atoms with Gasteiger partial charge >= 0.3 is 0 Å². The Hall–Kier alpha value is -1.44. The van der Waals surface area contributed by atoms with Crippen molar-refractivity contribution < 1.29 is 23.4 Å². The fourth-order valence-corrected chi connectivity index (χ4v) is 1.90. The molecule has 1 rings (SSSR count). The minimum absolute atomic E-state index is 0.125. The van der Waals surface area contributed by atoms with Gasteiger partial charge in [0.05, 0.1) is 24.2 Å². The van der Waals surface area contributed by atoms with E-state index in [2.05, 4.69) is 5.32 Å². The van der Waals surface area contributed by atoms with E-state index in [1.54, 1.807) is 0 Å². The maximum atomic E-state index is 11.7. The van der Waals surface area contributed by atoms with Gasteiger partial charge in [-0.1, -0.05) is 0 Å². The van der Waals surface area contributed by atoms with Crippen LogP contribution in [0.5, 0.6) is 0 Å². The molecule has 0 spiro atoms. The summed E-state index contributed by atoms with van der Waals surface area (Å²) >= 11 is 0. The molecule has 6 nitrogen and oxygen atoms in total. The Bertz CT molecular complexity index is 505. The Morgan fingerprint density at radius 3 is 2.11 bits per heavy atom. The van der Waals surface area contributed by atoms with Crippen molar-refractivity contribution in [3.8, 4) is 0 Å². The third-order valence-corrected chi connectivity index (χ3v) is 3.45. The number of benzene rings is 1. The second-order valence-corrected chi connectivity index (χ2v) is 5.85. The summed E-state index contributed by atoms with van der Waals surface area (Å²) in [6.45, 7) is -0.743. The predicted octanol–water partition coefficient (Wildman–Crippen LogP) is -0.827. The third-order valence-electron chi connectivity index (χ3n) is 2.32. The number of amides is 1. The van der Waals surface area contributed by atoms with Crippen LogP contribution in [0.15, 0.2) is 29.2 Å². The van der Waals surface area contributed by atoms with E-state index in [0.717, 1.165) is 6.26 Å². The van der Waals surface area contributed by atoms with E-state index in [-0.39, 0.29) is 23.7 Å². The summed E-state index contributed by atoms with van der Waals surface area (Å²) in [4.78, 5) is 11.8. The van der Waals surface area contributed by atoms with Crippen LogP contribution < -0.4 is 5.32 Å². The van der Waals surface area contributed by atoms with Crippen LogP contribution in [0.1, 0.15) is 10.4 Å². The van der Waals surface area contributed by atoms with Crippen LogP contribution in [0.2, 0.25) is 0 Å². The molecule has 1 aromatic rings. The van der Waals surface area contributed by atoms with Gasteiger partial charge in [-0.3, -0.25) is 4.79 Å². The molecule has 3 N–H and O–H groups in total. The van der Waals surface area contributed by atoms with Gasteiger partial charge in [0.15, 0.2) is 9.84 Å². The Morgan fingerprint density at radius 2 is 1.72 bits per heavy atom. The lowest BCUT2D eigenvalue weighted by Crippen LogP contribution is -2.40. The molecule has 0 heterocycles. The fourth-order valence-electron chi connectivity index (χ4n) is 1.27. The van der Waals surface area contributed by atoms with E-state index in [1.807, 2.05) is 0 Å². The average molecular weight is 273 g/mol. The first-order valence-corrected chi connectivity index (χ1v) is 7.10. The van der Waals surface area contributed by atoms with Crippen LogP contribution in [0, 0.1) is 0 Å². The SMILES string of the molecule is CS(=O)(=O)c1ccc(C(=O)NC(CO)CO)cc1. The monoisotopic (exact) mass is 273 g/mol. The minimum Gasteiger partial charge on any atom is -0.394 e. The van der Waals surface area contributed by atoms with Crippen LogP contribution in [-0.4, -0.2) is 50.0 Å². The smallest absolute Gasteiger partial charge is 0.251 e. The Kier molecular flexibility index (Phi) is 4.83. The quantitative estimate of drug-likeness (QED) is 0.650. The maximum absolute atomic E-state index is 11.7. The highest BCUT2D eigenvalue weighted by Gasteiger charge is 2.13. The fraction of sp³-hybridized carbons (Fsp3) is 0.364. The summed E-state index contributed by atoms with van der Waals surface area (Å²) in [6.07, 6.45) is 1.08. The molecule has 0 aliphatic carbocycles. The van der Waals surface area contributed by atoms with Gasteiger partial charge in [0.1, 0.15) is 0 Å². The first kappa shape index (κ1) is 14.6. The second kappa shape index (κ2) is 5.94. The lowest BCUT2D eigenvalue weighted by atomic mass is 10.2. The van der Waals surface area contributed by atoms with Crippen molar-refractivity contribution in [2.75, 3.05) is 19.5 Å². The molecule has 0 aliphatic rings. The molecular formula is C11H15NO5S. The zero-order valence-electron chi connectivity index (χ0n) is 9.83. The molecule has 0 atom stereocenters. The van der Waals surface area contributed by atoms with Gasteiger partial charge < -0.3 is 15.5 Å². The summed E-state index contributed by atoms with van der Waals surface area (Å²) in [5.41, 5.74) is 0.259. The standard InChI is InChI=1S/C11H15NO5S/c1-18(16,17)10-4-2-8(3-5-10)11(15)12-9(6-13)7-14/h2-5,9,13-14H,6-7H2,1H3,(H,12,15). The number of sulfone groups is 1. The highest BCUT2D eigenvalue weighted by Crippen LogP contribution is 2.10. The Morgan fingerprint density at radius 1 is 1.22 bits per heavy atom. The summed E-state index contributed by atoms with van der Waals surface area (Å²) in [5, 5.41) is 20.0. The first-order valence-electron chi connectivity index (χ1n) is 5.21. The second-order valence-electron chi connectivity index (χ2n) is 3.83. The third kappa shape index (κ3) is 3.80. The molecule has 0 bridgehead atoms. The lowest BCUT2D eigenvalue weighted by Gasteiger charge is -2.13. The summed E-state index contributed by atoms with van der Waals surface area (Å²) in [6, 6.07) is 4.68. The van der Waals surface area contributed by atoms with E-state index in [1.165, 1.54) is 24.3 Å². The van der Waals surface area contributed by atoms with Crippen LogP contribution >= 0.6 is 0 Å². The molecule has 18 heavy (non-hydrogen) atoms. The van der Waals surface area contributed by atoms with Crippen molar-refractivity contribution >= 4 is 15.7 Å². The van der Waals surface area contributed by atoms with Gasteiger partial charge in [-0.05, 0) is 24.3 Å². The van der Waals surface area contributed by atoms with Crippen molar-refractivity contribution in [3.05, 3.63) is 29.8 Å². The van der Waals surface area contributed by atoms with Gasteiger partial charge in [0.2, 0.25) is 0 Å². The highest BCUT2D eigenvalue weighted by atomic mass is 32.2. The number of hydrogen-bond acceptors (Lipinski definition) is 5. The number of aliphatic hydroxyl groups excluding tert-OH is 2. The molecule has 0 saturated carbocycles. The Balaban J connectivity index is 2.83. The van der Waals surface area contributed by atoms with E-state index in [4.69, 9.17) is 10.2 Å². The van der Waals surface area contributed by atoms with Gasteiger partial charge in [0.25, 0.3) is 5.91 Å². The normalized spacial score (nSPS) is 11.6. The molecule has 7 heteroatoms. The van der Waals surface area contributed by atoms with Crippen molar-refractivity contribution in [3.63, 3.8) is 0 Å². The average Bonchev–Trinajstić information content (AvgIpc) is 2.34. The predicted molar refractivity (Wildman–Crippen MR) is 65.0 cm³/mol. The summed E-state index contributed by atoms with van der Waals surface area (Å²) < 4.78 is 22.4. The molecule has 1 aromatic carbocycles. The van der Waals surface area contributed by atoms with Crippen molar-refractivity contribution in [2.24, 2.45) is 0 Å². The minimum atomic E-state index is -3.29. The topological polar surface area (TPSA) is 104 Å². The largest absolute Gasteiger partial charge is 0.394 e. The van der Waals surface area contributed by atoms with Gasteiger partial charge in [-0.25, -0.2) is 8.42 Å². The number of carbonyl (C=O) groups is 1. The van der Waals surface area contributed by atoms with Crippen LogP contribution in [0.4, 0.5) is 0 Å². The zero-order valence-corrected chi connectivity index (χ0v) is 10.6. The van der Waals surface area contributed by atoms with Crippen LogP contribution in [-0.2, 0) is 9.84 Å². The van der Waals surface area contributed by atoms with Gasteiger partial charge in [-0.15, -0.1) is 0 Å².